The highest BCUT2D eigenvalue weighted by molar-refractivity contribution is 5.85. The van der Waals surface area contributed by atoms with Crippen LogP contribution < -0.4 is 5.32 Å². The molecule has 0 aromatic rings. The molecule has 100 valence electrons. The third-order valence-corrected chi connectivity index (χ3v) is 3.35. The summed E-state index contributed by atoms with van der Waals surface area (Å²) in [5.41, 5.74) is 0. The second-order valence-corrected chi connectivity index (χ2v) is 4.78. The minimum atomic E-state index is -0.171. The maximum absolute atomic E-state index is 11.9. The van der Waals surface area contributed by atoms with Gasteiger partial charge in [-0.2, -0.15) is 0 Å². The Labute approximate surface area is 109 Å². The Hall–Kier alpha value is -1.50. The van der Waals surface area contributed by atoms with Crippen molar-refractivity contribution >= 4 is 11.8 Å². The molecule has 1 fully saturated rings. The molecule has 1 saturated heterocycles. The van der Waals surface area contributed by atoms with E-state index in [1.54, 1.807) is 4.90 Å². The second kappa shape index (κ2) is 7.75. The maximum atomic E-state index is 11.9. The standard InChI is InChI=1S/C14H22N2O2/c1-3-5-12-6-7-14(18)16(10-8-12)11-13(17)15-9-4-2/h2,12H,3,5-11H2,1H3,(H,15,17). The van der Waals surface area contributed by atoms with Crippen LogP contribution in [0.25, 0.3) is 0 Å². The fourth-order valence-corrected chi connectivity index (χ4v) is 2.34. The van der Waals surface area contributed by atoms with Crippen molar-refractivity contribution in [3.8, 4) is 12.3 Å². The van der Waals surface area contributed by atoms with Gasteiger partial charge < -0.3 is 10.2 Å². The van der Waals surface area contributed by atoms with Crippen LogP contribution in [0.5, 0.6) is 0 Å². The van der Waals surface area contributed by atoms with Crippen molar-refractivity contribution in [2.75, 3.05) is 19.6 Å². The summed E-state index contributed by atoms with van der Waals surface area (Å²) in [6, 6.07) is 0. The number of nitrogens with one attached hydrogen (secondary N) is 1. The van der Waals surface area contributed by atoms with E-state index in [1.165, 1.54) is 6.42 Å². The van der Waals surface area contributed by atoms with Crippen molar-refractivity contribution in [1.82, 2.24) is 10.2 Å². The molecule has 0 bridgehead atoms. The fourth-order valence-electron chi connectivity index (χ4n) is 2.34. The molecule has 2 amide bonds. The topological polar surface area (TPSA) is 49.4 Å². The molecule has 1 aliphatic heterocycles. The lowest BCUT2D eigenvalue weighted by Gasteiger charge is -2.20. The molecule has 4 nitrogen and oxygen atoms in total. The summed E-state index contributed by atoms with van der Waals surface area (Å²) >= 11 is 0. The number of amides is 2. The number of likely N-dealkylation sites (tertiary alicyclic amines) is 1. The van der Waals surface area contributed by atoms with E-state index in [1.807, 2.05) is 0 Å². The molecule has 0 saturated carbocycles. The van der Waals surface area contributed by atoms with Gasteiger partial charge in [0.2, 0.25) is 11.8 Å². The number of carbonyl (C=O) groups is 2. The largest absolute Gasteiger partial charge is 0.344 e. The Bertz CT molecular complexity index is 333. The van der Waals surface area contributed by atoms with Crippen molar-refractivity contribution in [3.63, 3.8) is 0 Å². The lowest BCUT2D eigenvalue weighted by molar-refractivity contribution is -0.135. The summed E-state index contributed by atoms with van der Waals surface area (Å²) in [6.45, 7) is 3.21. The smallest absolute Gasteiger partial charge is 0.240 e. The summed E-state index contributed by atoms with van der Waals surface area (Å²) in [6.07, 6.45) is 9.91. The Morgan fingerprint density at radius 3 is 3.00 bits per heavy atom. The summed E-state index contributed by atoms with van der Waals surface area (Å²) in [5, 5.41) is 2.59. The molecule has 4 heteroatoms. The van der Waals surface area contributed by atoms with Crippen LogP contribution in [0.4, 0.5) is 0 Å². The van der Waals surface area contributed by atoms with Gasteiger partial charge in [0.15, 0.2) is 0 Å². The molecule has 1 heterocycles. The number of nitrogens with zero attached hydrogens (tertiary/aromatic N) is 1. The molecule has 0 aromatic heterocycles. The molecule has 1 unspecified atom stereocenters. The lowest BCUT2D eigenvalue weighted by Crippen LogP contribution is -2.40. The maximum Gasteiger partial charge on any atom is 0.240 e. The number of carbonyl (C=O) groups excluding carboxylic acids is 2. The average molecular weight is 250 g/mol. The molecule has 0 spiro atoms. The zero-order chi connectivity index (χ0) is 13.4. The zero-order valence-corrected chi connectivity index (χ0v) is 11.1. The Balaban J connectivity index is 2.43. The number of hydrogen-bond acceptors (Lipinski definition) is 2. The van der Waals surface area contributed by atoms with E-state index in [0.717, 1.165) is 19.3 Å². The Morgan fingerprint density at radius 2 is 2.33 bits per heavy atom. The Morgan fingerprint density at radius 1 is 1.56 bits per heavy atom. The van der Waals surface area contributed by atoms with Gasteiger partial charge in [0, 0.05) is 13.0 Å². The predicted molar refractivity (Wildman–Crippen MR) is 70.7 cm³/mol. The van der Waals surface area contributed by atoms with Crippen LogP contribution in [0.3, 0.4) is 0 Å². The van der Waals surface area contributed by atoms with Crippen LogP contribution in [0.1, 0.15) is 39.0 Å². The van der Waals surface area contributed by atoms with Crippen molar-refractivity contribution < 1.29 is 9.59 Å². The van der Waals surface area contributed by atoms with E-state index in [9.17, 15) is 9.59 Å². The van der Waals surface area contributed by atoms with Crippen molar-refractivity contribution in [2.45, 2.75) is 39.0 Å². The van der Waals surface area contributed by atoms with Crippen molar-refractivity contribution in [3.05, 3.63) is 0 Å². The molecule has 1 aliphatic rings. The minimum absolute atomic E-state index is 0.0875. The quantitative estimate of drug-likeness (QED) is 0.745. The first-order valence-electron chi connectivity index (χ1n) is 6.65. The van der Waals surface area contributed by atoms with Crippen LogP contribution in [0.15, 0.2) is 0 Å². The Kier molecular flexibility index (Phi) is 6.27. The van der Waals surface area contributed by atoms with Gasteiger partial charge in [-0.3, -0.25) is 9.59 Å². The SMILES string of the molecule is C#CCNC(=O)CN1CCC(CCC)CCC1=O. The molecule has 1 atom stereocenters. The van der Waals surface area contributed by atoms with Gasteiger partial charge in [-0.05, 0) is 18.8 Å². The van der Waals surface area contributed by atoms with Gasteiger partial charge in [0.1, 0.15) is 0 Å². The van der Waals surface area contributed by atoms with Gasteiger partial charge in [-0.25, -0.2) is 0 Å². The molecule has 0 aliphatic carbocycles. The monoisotopic (exact) mass is 250 g/mol. The van der Waals surface area contributed by atoms with Gasteiger partial charge in [0.25, 0.3) is 0 Å². The van der Waals surface area contributed by atoms with E-state index in [-0.39, 0.29) is 24.9 Å². The third-order valence-electron chi connectivity index (χ3n) is 3.35. The summed E-state index contributed by atoms with van der Waals surface area (Å²) < 4.78 is 0. The van der Waals surface area contributed by atoms with Gasteiger partial charge in [-0.15, -0.1) is 6.42 Å². The van der Waals surface area contributed by atoms with Crippen LogP contribution in [0, 0.1) is 18.3 Å². The van der Waals surface area contributed by atoms with Crippen LogP contribution in [0.2, 0.25) is 0 Å². The van der Waals surface area contributed by atoms with E-state index >= 15 is 0 Å². The molecular formula is C14H22N2O2. The molecule has 18 heavy (non-hydrogen) atoms. The highest BCUT2D eigenvalue weighted by atomic mass is 16.2. The fraction of sp³-hybridized carbons (Fsp3) is 0.714. The predicted octanol–water partition coefficient (Wildman–Crippen LogP) is 1.16. The highest BCUT2D eigenvalue weighted by Crippen LogP contribution is 2.22. The van der Waals surface area contributed by atoms with E-state index < -0.39 is 0 Å². The highest BCUT2D eigenvalue weighted by Gasteiger charge is 2.23. The molecule has 0 radical (unpaired) electrons. The van der Waals surface area contributed by atoms with E-state index in [2.05, 4.69) is 18.2 Å². The first-order chi connectivity index (χ1) is 8.67. The lowest BCUT2D eigenvalue weighted by atomic mass is 9.96. The third kappa shape index (κ3) is 4.79. The summed E-state index contributed by atoms with van der Waals surface area (Å²) in [5.74, 6) is 2.89. The first kappa shape index (κ1) is 14.6. The molecule has 1 rings (SSSR count). The number of terminal acetylenes is 1. The number of hydrogen-bond donors (Lipinski definition) is 1. The van der Waals surface area contributed by atoms with Gasteiger partial charge in [0.05, 0.1) is 13.1 Å². The van der Waals surface area contributed by atoms with Crippen LogP contribution in [-0.2, 0) is 9.59 Å². The van der Waals surface area contributed by atoms with Gasteiger partial charge in [-0.1, -0.05) is 25.7 Å². The van der Waals surface area contributed by atoms with Gasteiger partial charge >= 0.3 is 0 Å². The van der Waals surface area contributed by atoms with E-state index in [0.29, 0.717) is 18.9 Å². The van der Waals surface area contributed by atoms with Crippen LogP contribution >= 0.6 is 0 Å². The zero-order valence-electron chi connectivity index (χ0n) is 11.1. The molecular weight excluding hydrogens is 228 g/mol. The minimum Gasteiger partial charge on any atom is -0.344 e. The average Bonchev–Trinajstić information content (AvgIpc) is 2.52. The number of rotatable bonds is 5. The van der Waals surface area contributed by atoms with Crippen LogP contribution in [-0.4, -0.2) is 36.3 Å². The molecule has 1 N–H and O–H groups in total. The molecule has 0 aromatic carbocycles. The first-order valence-corrected chi connectivity index (χ1v) is 6.65. The van der Waals surface area contributed by atoms with Crippen molar-refractivity contribution in [2.24, 2.45) is 5.92 Å². The van der Waals surface area contributed by atoms with E-state index in [4.69, 9.17) is 6.42 Å². The summed E-state index contributed by atoms with van der Waals surface area (Å²) in [4.78, 5) is 25.1. The second-order valence-electron chi connectivity index (χ2n) is 4.78. The van der Waals surface area contributed by atoms with Crippen molar-refractivity contribution in [1.29, 1.82) is 0 Å². The summed E-state index contributed by atoms with van der Waals surface area (Å²) in [7, 11) is 0. The normalized spacial score (nSPS) is 20.1.